The summed E-state index contributed by atoms with van der Waals surface area (Å²) >= 11 is 0. The van der Waals surface area contributed by atoms with Crippen molar-refractivity contribution in [3.63, 3.8) is 0 Å². The molecule has 0 bridgehead atoms. The lowest BCUT2D eigenvalue weighted by atomic mass is 9.92. The predicted molar refractivity (Wildman–Crippen MR) is 105 cm³/mol. The fourth-order valence-electron chi connectivity index (χ4n) is 3.99. The van der Waals surface area contributed by atoms with Crippen molar-refractivity contribution in [2.24, 2.45) is 5.92 Å². The van der Waals surface area contributed by atoms with Gasteiger partial charge in [0.15, 0.2) is 0 Å². The van der Waals surface area contributed by atoms with Gasteiger partial charge in [-0.1, -0.05) is 23.3 Å². The number of piperidine rings is 1. The van der Waals surface area contributed by atoms with Crippen LogP contribution in [0.3, 0.4) is 0 Å². The molecule has 2 aromatic rings. The van der Waals surface area contributed by atoms with Gasteiger partial charge in [-0.05, 0) is 60.6 Å². The number of amides is 1. The molecule has 2 aliphatic rings. The lowest BCUT2D eigenvalue weighted by Gasteiger charge is -2.32. The van der Waals surface area contributed by atoms with Gasteiger partial charge < -0.3 is 15.0 Å². The molecule has 8 heteroatoms. The normalized spacial score (nSPS) is 20.4. The van der Waals surface area contributed by atoms with Gasteiger partial charge in [0.1, 0.15) is 0 Å². The molecule has 0 radical (unpaired) electrons. The van der Waals surface area contributed by atoms with Crippen LogP contribution in [0, 0.1) is 5.92 Å². The number of para-hydroxylation sites is 1. The van der Waals surface area contributed by atoms with E-state index in [-0.39, 0.29) is 12.0 Å². The van der Waals surface area contributed by atoms with E-state index in [4.69, 9.17) is 4.74 Å². The monoisotopic (exact) mass is 384 g/mol. The molecule has 1 atom stereocenters. The van der Waals surface area contributed by atoms with Crippen molar-refractivity contribution in [1.82, 2.24) is 25.5 Å². The molecule has 2 fully saturated rings. The van der Waals surface area contributed by atoms with Crippen LogP contribution in [0.1, 0.15) is 38.5 Å². The number of hydrogen-bond acceptors (Lipinski definition) is 6. The first-order valence-electron chi connectivity index (χ1n) is 10.3. The molecular formula is C20H28N6O2. The highest BCUT2D eigenvalue weighted by Crippen LogP contribution is 2.25. The number of nitrogens with zero attached hydrogens (tertiary/aromatic N) is 5. The number of rotatable bonds is 7. The van der Waals surface area contributed by atoms with E-state index < -0.39 is 0 Å². The summed E-state index contributed by atoms with van der Waals surface area (Å²) < 4.78 is 7.34. The van der Waals surface area contributed by atoms with Crippen molar-refractivity contribution in [2.45, 2.75) is 44.6 Å². The third kappa shape index (κ3) is 4.67. The SMILES string of the molecule is O=C(CCC1CCN(c2nnnn2-c2ccccc2)CC1)NCC1CCCO1. The first kappa shape index (κ1) is 18.9. The minimum Gasteiger partial charge on any atom is -0.376 e. The molecule has 150 valence electrons. The van der Waals surface area contributed by atoms with Gasteiger partial charge in [0, 0.05) is 32.7 Å². The van der Waals surface area contributed by atoms with Crippen LogP contribution in [0.5, 0.6) is 0 Å². The first-order chi connectivity index (χ1) is 13.8. The smallest absolute Gasteiger partial charge is 0.250 e. The largest absolute Gasteiger partial charge is 0.376 e. The van der Waals surface area contributed by atoms with Crippen LogP contribution in [0.25, 0.3) is 5.69 Å². The van der Waals surface area contributed by atoms with E-state index in [1.54, 1.807) is 4.68 Å². The van der Waals surface area contributed by atoms with Crippen molar-refractivity contribution in [3.8, 4) is 5.69 Å². The molecule has 8 nitrogen and oxygen atoms in total. The van der Waals surface area contributed by atoms with Crippen LogP contribution >= 0.6 is 0 Å². The molecule has 2 aliphatic heterocycles. The highest BCUT2D eigenvalue weighted by molar-refractivity contribution is 5.75. The maximum atomic E-state index is 12.1. The van der Waals surface area contributed by atoms with Crippen molar-refractivity contribution in [3.05, 3.63) is 30.3 Å². The van der Waals surface area contributed by atoms with E-state index in [0.29, 0.717) is 18.9 Å². The highest BCUT2D eigenvalue weighted by atomic mass is 16.5. The number of nitrogens with one attached hydrogen (secondary N) is 1. The molecule has 0 saturated carbocycles. The van der Waals surface area contributed by atoms with Gasteiger partial charge in [0.05, 0.1) is 11.8 Å². The summed E-state index contributed by atoms with van der Waals surface area (Å²) in [5.41, 5.74) is 0.965. The summed E-state index contributed by atoms with van der Waals surface area (Å²) in [4.78, 5) is 14.3. The molecule has 4 rings (SSSR count). The van der Waals surface area contributed by atoms with E-state index in [2.05, 4.69) is 25.7 Å². The number of tetrazole rings is 1. The first-order valence-corrected chi connectivity index (χ1v) is 10.3. The Labute approximate surface area is 165 Å². The standard InChI is InChI=1S/C20H28N6O2/c27-19(21-15-18-7-4-14-28-18)9-8-16-10-12-25(13-11-16)20-22-23-24-26(20)17-5-2-1-3-6-17/h1-3,5-6,16,18H,4,7-15H2,(H,21,27). The zero-order valence-corrected chi connectivity index (χ0v) is 16.2. The van der Waals surface area contributed by atoms with Gasteiger partial charge in [-0.15, -0.1) is 0 Å². The topological polar surface area (TPSA) is 85.2 Å². The summed E-state index contributed by atoms with van der Waals surface area (Å²) in [5.74, 6) is 1.51. The Morgan fingerprint density at radius 1 is 1.18 bits per heavy atom. The van der Waals surface area contributed by atoms with Crippen molar-refractivity contribution in [2.75, 3.05) is 31.1 Å². The average Bonchev–Trinajstić information content (AvgIpc) is 3.44. The number of anilines is 1. The molecule has 0 spiro atoms. The minimum atomic E-state index is 0.144. The summed E-state index contributed by atoms with van der Waals surface area (Å²) in [6.45, 7) is 3.30. The maximum Gasteiger partial charge on any atom is 0.250 e. The number of ether oxygens (including phenoxy) is 1. The molecule has 1 aromatic carbocycles. The Kier molecular flexibility index (Phi) is 6.16. The quantitative estimate of drug-likeness (QED) is 0.785. The maximum absolute atomic E-state index is 12.1. The fraction of sp³-hybridized carbons (Fsp3) is 0.600. The van der Waals surface area contributed by atoms with Crippen LogP contribution in [-0.4, -0.2) is 58.5 Å². The molecular weight excluding hydrogens is 356 g/mol. The second-order valence-corrected chi connectivity index (χ2v) is 7.63. The van der Waals surface area contributed by atoms with Gasteiger partial charge in [-0.3, -0.25) is 4.79 Å². The molecule has 28 heavy (non-hydrogen) atoms. The Morgan fingerprint density at radius 2 is 2.00 bits per heavy atom. The number of carbonyl (C=O) groups excluding carboxylic acids is 1. The highest BCUT2D eigenvalue weighted by Gasteiger charge is 2.24. The molecule has 1 unspecified atom stereocenters. The molecule has 1 amide bonds. The van der Waals surface area contributed by atoms with E-state index in [0.717, 1.165) is 63.4 Å². The Hall–Kier alpha value is -2.48. The Morgan fingerprint density at radius 3 is 2.75 bits per heavy atom. The van der Waals surface area contributed by atoms with Crippen molar-refractivity contribution in [1.29, 1.82) is 0 Å². The number of benzene rings is 1. The third-order valence-corrected chi connectivity index (χ3v) is 5.68. The lowest BCUT2D eigenvalue weighted by Crippen LogP contribution is -2.36. The zero-order chi connectivity index (χ0) is 19.2. The summed E-state index contributed by atoms with van der Waals surface area (Å²) in [6.07, 6.45) is 6.02. The number of aromatic nitrogens is 4. The van der Waals surface area contributed by atoms with Gasteiger partial charge in [-0.2, -0.15) is 4.68 Å². The van der Waals surface area contributed by atoms with Crippen LogP contribution in [0.15, 0.2) is 30.3 Å². The van der Waals surface area contributed by atoms with E-state index in [1.165, 1.54) is 0 Å². The van der Waals surface area contributed by atoms with Gasteiger partial charge >= 0.3 is 0 Å². The van der Waals surface area contributed by atoms with Gasteiger partial charge in [0.25, 0.3) is 0 Å². The van der Waals surface area contributed by atoms with Crippen molar-refractivity contribution >= 4 is 11.9 Å². The van der Waals surface area contributed by atoms with Crippen LogP contribution in [0.2, 0.25) is 0 Å². The molecule has 3 heterocycles. The number of hydrogen-bond donors (Lipinski definition) is 1. The molecule has 1 N–H and O–H groups in total. The van der Waals surface area contributed by atoms with E-state index in [1.807, 2.05) is 30.3 Å². The third-order valence-electron chi connectivity index (χ3n) is 5.68. The minimum absolute atomic E-state index is 0.144. The van der Waals surface area contributed by atoms with Crippen LogP contribution < -0.4 is 10.2 Å². The molecule has 1 aromatic heterocycles. The Balaban J connectivity index is 1.22. The van der Waals surface area contributed by atoms with Crippen LogP contribution in [0.4, 0.5) is 5.95 Å². The predicted octanol–water partition coefficient (Wildman–Crippen LogP) is 1.95. The van der Waals surface area contributed by atoms with E-state index in [9.17, 15) is 4.79 Å². The van der Waals surface area contributed by atoms with E-state index >= 15 is 0 Å². The average molecular weight is 384 g/mol. The van der Waals surface area contributed by atoms with Crippen molar-refractivity contribution < 1.29 is 9.53 Å². The fourth-order valence-corrected chi connectivity index (χ4v) is 3.99. The summed E-state index contributed by atoms with van der Waals surface area (Å²) in [5, 5.41) is 15.3. The van der Waals surface area contributed by atoms with Gasteiger partial charge in [0.2, 0.25) is 11.9 Å². The second kappa shape index (κ2) is 9.14. The van der Waals surface area contributed by atoms with Crippen LogP contribution in [-0.2, 0) is 9.53 Å². The molecule has 0 aliphatic carbocycles. The summed E-state index contributed by atoms with van der Waals surface area (Å²) in [7, 11) is 0. The molecule has 2 saturated heterocycles. The van der Waals surface area contributed by atoms with Gasteiger partial charge in [-0.25, -0.2) is 0 Å². The second-order valence-electron chi connectivity index (χ2n) is 7.63. The lowest BCUT2D eigenvalue weighted by molar-refractivity contribution is -0.121. The zero-order valence-electron chi connectivity index (χ0n) is 16.2. The number of carbonyl (C=O) groups is 1. The Bertz CT molecular complexity index is 751. The summed E-state index contributed by atoms with van der Waals surface area (Å²) in [6, 6.07) is 9.95.